The number of amides is 1. The van der Waals surface area contributed by atoms with E-state index in [0.717, 1.165) is 18.4 Å². The Balaban J connectivity index is 1.58. The molecule has 8 nitrogen and oxygen atoms in total. The number of rotatable bonds is 8. The van der Waals surface area contributed by atoms with Crippen molar-refractivity contribution in [1.82, 2.24) is 9.88 Å². The summed E-state index contributed by atoms with van der Waals surface area (Å²) in [6, 6.07) is 14.5. The minimum atomic E-state index is -1.16. The van der Waals surface area contributed by atoms with Crippen LogP contribution in [0.5, 0.6) is 0 Å². The summed E-state index contributed by atoms with van der Waals surface area (Å²) in [6.45, 7) is 1.26. The first-order chi connectivity index (χ1) is 16.0. The smallest absolute Gasteiger partial charge is 0.332 e. The summed E-state index contributed by atoms with van der Waals surface area (Å²) in [5, 5.41) is 9.80. The van der Waals surface area contributed by atoms with Gasteiger partial charge in [0.15, 0.2) is 0 Å². The summed E-state index contributed by atoms with van der Waals surface area (Å²) in [5.41, 5.74) is -0.418. The fraction of sp³-hybridized carbons (Fsp3) is 0.440. The van der Waals surface area contributed by atoms with Crippen LogP contribution in [0.4, 0.5) is 5.82 Å². The Labute approximate surface area is 193 Å². The molecule has 0 radical (unpaired) electrons. The third-order valence-electron chi connectivity index (χ3n) is 6.64. The van der Waals surface area contributed by atoms with Crippen LogP contribution in [0.1, 0.15) is 37.2 Å². The fourth-order valence-corrected chi connectivity index (χ4v) is 4.63. The third-order valence-corrected chi connectivity index (χ3v) is 6.64. The van der Waals surface area contributed by atoms with Gasteiger partial charge in [0.05, 0.1) is 13.0 Å². The van der Waals surface area contributed by atoms with E-state index < -0.39 is 23.4 Å². The maximum absolute atomic E-state index is 13.4. The molecule has 1 saturated carbocycles. The van der Waals surface area contributed by atoms with Gasteiger partial charge in [-0.05, 0) is 43.4 Å². The van der Waals surface area contributed by atoms with Crippen LogP contribution in [0.15, 0.2) is 54.7 Å². The number of pyridine rings is 1. The van der Waals surface area contributed by atoms with Gasteiger partial charge in [-0.2, -0.15) is 0 Å². The van der Waals surface area contributed by atoms with Crippen molar-refractivity contribution in [1.29, 1.82) is 0 Å². The minimum Gasteiger partial charge on any atom is -0.481 e. The Morgan fingerprint density at radius 3 is 2.33 bits per heavy atom. The van der Waals surface area contributed by atoms with Crippen LogP contribution in [-0.2, 0) is 19.1 Å². The number of aromatic nitrogens is 1. The van der Waals surface area contributed by atoms with Crippen LogP contribution < -0.4 is 4.90 Å². The van der Waals surface area contributed by atoms with Gasteiger partial charge in [-0.1, -0.05) is 36.4 Å². The average Bonchev–Trinajstić information content (AvgIpc) is 3.70. The van der Waals surface area contributed by atoms with Gasteiger partial charge in [0.25, 0.3) is 0 Å². The van der Waals surface area contributed by atoms with E-state index in [0.29, 0.717) is 38.3 Å². The number of anilines is 1. The van der Waals surface area contributed by atoms with Crippen LogP contribution in [0, 0.1) is 5.92 Å². The number of carboxylic acid groups (broad SMARTS) is 1. The topological polar surface area (TPSA) is 100 Å². The molecular formula is C25H29N3O5. The molecule has 8 heteroatoms. The number of methoxy groups -OCH3 is 1. The third kappa shape index (κ3) is 4.75. The maximum atomic E-state index is 13.4. The second kappa shape index (κ2) is 9.70. The van der Waals surface area contributed by atoms with E-state index in [2.05, 4.69) is 4.98 Å². The highest BCUT2D eigenvalue weighted by Crippen LogP contribution is 2.40. The van der Waals surface area contributed by atoms with Gasteiger partial charge in [-0.3, -0.25) is 14.5 Å². The number of likely N-dealkylation sites (tertiary alicyclic amines) is 1. The molecule has 1 aliphatic heterocycles. The molecule has 1 aliphatic carbocycles. The molecule has 1 atom stereocenters. The lowest BCUT2D eigenvalue weighted by Gasteiger charge is -2.46. The van der Waals surface area contributed by atoms with Gasteiger partial charge in [-0.15, -0.1) is 0 Å². The average molecular weight is 452 g/mol. The molecule has 1 N–H and O–H groups in total. The lowest BCUT2D eigenvalue weighted by molar-refractivity contribution is -0.151. The summed E-state index contributed by atoms with van der Waals surface area (Å²) in [5.74, 6) is -1.76. The number of esters is 1. The van der Waals surface area contributed by atoms with Crippen molar-refractivity contribution >= 4 is 23.7 Å². The standard InChI is InChI=1S/C25H29N3O5/c1-33-24(32)25(28(22(29)19-10-11-19)21-9-5-6-14-26-21)12-15-27(16-13-25)17-20(23(30)31)18-7-3-2-4-8-18/h2-9,14,19-20H,10-13,15-17H2,1H3,(H,30,31). The predicted octanol–water partition coefficient (Wildman–Crippen LogP) is 2.70. The van der Waals surface area contributed by atoms with Gasteiger partial charge in [0, 0.05) is 31.7 Å². The van der Waals surface area contributed by atoms with Gasteiger partial charge in [-0.25, -0.2) is 9.78 Å². The largest absolute Gasteiger partial charge is 0.481 e. The van der Waals surface area contributed by atoms with Crippen LogP contribution in [0.2, 0.25) is 0 Å². The van der Waals surface area contributed by atoms with E-state index in [1.807, 2.05) is 35.2 Å². The van der Waals surface area contributed by atoms with E-state index in [1.165, 1.54) is 7.11 Å². The quantitative estimate of drug-likeness (QED) is 0.616. The van der Waals surface area contributed by atoms with Crippen LogP contribution in [0.3, 0.4) is 0 Å². The molecule has 1 aromatic carbocycles. The molecule has 0 bridgehead atoms. The summed E-state index contributed by atoms with van der Waals surface area (Å²) in [6.07, 6.45) is 3.91. The van der Waals surface area contributed by atoms with Crippen molar-refractivity contribution in [2.24, 2.45) is 5.92 Å². The highest BCUT2D eigenvalue weighted by Gasteiger charge is 2.53. The Bertz CT molecular complexity index is 986. The molecule has 2 fully saturated rings. The van der Waals surface area contributed by atoms with E-state index in [1.54, 1.807) is 29.3 Å². The van der Waals surface area contributed by atoms with E-state index in [-0.39, 0.29) is 11.8 Å². The lowest BCUT2D eigenvalue weighted by atomic mass is 9.84. The number of piperidine rings is 1. The number of nitrogens with zero attached hydrogens (tertiary/aromatic N) is 3. The van der Waals surface area contributed by atoms with Crippen LogP contribution in [-0.4, -0.2) is 65.1 Å². The fourth-order valence-electron chi connectivity index (χ4n) is 4.63. The van der Waals surface area contributed by atoms with Crippen molar-refractivity contribution in [3.05, 3.63) is 60.3 Å². The monoisotopic (exact) mass is 451 g/mol. The zero-order chi connectivity index (χ0) is 23.4. The summed E-state index contributed by atoms with van der Waals surface area (Å²) >= 11 is 0. The van der Waals surface area contributed by atoms with Gasteiger partial charge < -0.3 is 14.7 Å². The highest BCUT2D eigenvalue weighted by molar-refractivity contribution is 6.03. The SMILES string of the molecule is COC(=O)C1(N(C(=O)C2CC2)c2ccccn2)CCN(CC(C(=O)O)c2ccccc2)CC1. The van der Waals surface area contributed by atoms with Crippen LogP contribution in [0.25, 0.3) is 0 Å². The molecule has 4 rings (SSSR count). The number of aliphatic carboxylic acids is 1. The molecule has 1 amide bonds. The Kier molecular flexibility index (Phi) is 6.74. The lowest BCUT2D eigenvalue weighted by Crippen LogP contribution is -2.63. The Morgan fingerprint density at radius 1 is 1.12 bits per heavy atom. The predicted molar refractivity (Wildman–Crippen MR) is 122 cm³/mol. The number of hydrogen-bond donors (Lipinski definition) is 1. The number of carboxylic acids is 1. The summed E-state index contributed by atoms with van der Waals surface area (Å²) < 4.78 is 5.20. The molecule has 174 valence electrons. The van der Waals surface area contributed by atoms with Crippen LogP contribution >= 0.6 is 0 Å². The first-order valence-corrected chi connectivity index (χ1v) is 11.3. The zero-order valence-corrected chi connectivity index (χ0v) is 18.7. The van der Waals surface area contributed by atoms with E-state index >= 15 is 0 Å². The summed E-state index contributed by atoms with van der Waals surface area (Å²) in [7, 11) is 1.34. The molecule has 2 heterocycles. The van der Waals surface area contributed by atoms with E-state index in [4.69, 9.17) is 4.74 Å². The van der Waals surface area contributed by atoms with Crippen molar-refractivity contribution < 1.29 is 24.2 Å². The van der Waals surface area contributed by atoms with Gasteiger partial charge >= 0.3 is 11.9 Å². The number of hydrogen-bond acceptors (Lipinski definition) is 6. The summed E-state index contributed by atoms with van der Waals surface area (Å²) in [4.78, 5) is 46.4. The van der Waals surface area contributed by atoms with Crippen molar-refractivity contribution in [3.8, 4) is 0 Å². The molecule has 2 aliphatic rings. The number of carbonyl (C=O) groups excluding carboxylic acids is 2. The van der Waals surface area contributed by atoms with Gasteiger partial charge in [0.2, 0.25) is 5.91 Å². The Hall–Kier alpha value is -3.26. The zero-order valence-electron chi connectivity index (χ0n) is 18.7. The van der Waals surface area contributed by atoms with E-state index in [9.17, 15) is 19.5 Å². The van der Waals surface area contributed by atoms with Gasteiger partial charge in [0.1, 0.15) is 11.4 Å². The highest BCUT2D eigenvalue weighted by atomic mass is 16.5. The molecule has 1 unspecified atom stereocenters. The first kappa shape index (κ1) is 22.9. The molecular weight excluding hydrogens is 422 g/mol. The van der Waals surface area contributed by atoms with Crippen molar-refractivity contribution in [2.45, 2.75) is 37.1 Å². The normalized spacial score (nSPS) is 18.8. The maximum Gasteiger partial charge on any atom is 0.332 e. The number of carbonyl (C=O) groups is 3. The van der Waals surface area contributed by atoms with Crippen molar-refractivity contribution in [2.75, 3.05) is 31.6 Å². The molecule has 1 aromatic heterocycles. The van der Waals surface area contributed by atoms with Crippen molar-refractivity contribution in [3.63, 3.8) is 0 Å². The minimum absolute atomic E-state index is 0.0963. The Morgan fingerprint density at radius 2 is 1.79 bits per heavy atom. The second-order valence-electron chi connectivity index (χ2n) is 8.76. The molecule has 2 aromatic rings. The molecule has 33 heavy (non-hydrogen) atoms. The molecule has 0 spiro atoms. The number of benzene rings is 1. The molecule has 1 saturated heterocycles. The second-order valence-corrected chi connectivity index (χ2v) is 8.76. The number of ether oxygens (including phenoxy) is 1. The first-order valence-electron chi connectivity index (χ1n) is 11.3.